The summed E-state index contributed by atoms with van der Waals surface area (Å²) in [5.74, 6) is -0.446. The van der Waals surface area contributed by atoms with Crippen LogP contribution in [-0.2, 0) is 28.6 Å². The summed E-state index contributed by atoms with van der Waals surface area (Å²) in [5, 5.41) is 0. The standard InChI is InChI=1S/C42H75NO6/c1-31(2)28-39(9,10)35(45)47-26-20-23-37(5,6)29-40(11,12)34(49-33(44)22-19-25-43(17)18)41(13,14)30-38(7,8)24-21-27-48-36(46)42(15,16)32(3)4/h20-21,23-24,32,34H,1,19,22,25-30H2,2-18H3. The van der Waals surface area contributed by atoms with Crippen LogP contribution in [0.25, 0.3) is 0 Å². The van der Waals surface area contributed by atoms with Crippen molar-refractivity contribution in [2.45, 2.75) is 142 Å². The Hall–Kier alpha value is -2.41. The minimum Gasteiger partial charge on any atom is -0.461 e. The number of nitrogens with zero attached hydrogens (tertiary/aromatic N) is 1. The van der Waals surface area contributed by atoms with Crippen molar-refractivity contribution in [2.24, 2.45) is 38.4 Å². The zero-order chi connectivity index (χ0) is 38.6. The quantitative estimate of drug-likeness (QED) is 0.0636. The van der Waals surface area contributed by atoms with E-state index in [0.29, 0.717) is 12.8 Å². The van der Waals surface area contributed by atoms with Crippen molar-refractivity contribution < 1.29 is 28.6 Å². The molecule has 0 aromatic heterocycles. The first-order valence-corrected chi connectivity index (χ1v) is 18.2. The maximum atomic E-state index is 13.3. The Morgan fingerprint density at radius 3 is 1.55 bits per heavy atom. The number of ether oxygens (including phenoxy) is 3. The van der Waals surface area contributed by atoms with Gasteiger partial charge >= 0.3 is 17.9 Å². The van der Waals surface area contributed by atoms with E-state index in [0.717, 1.165) is 31.4 Å². The first-order valence-electron chi connectivity index (χ1n) is 18.2. The van der Waals surface area contributed by atoms with Crippen LogP contribution in [0.2, 0.25) is 0 Å². The van der Waals surface area contributed by atoms with Crippen LogP contribution in [0.1, 0.15) is 136 Å². The minimum absolute atomic E-state index is 0.175. The highest BCUT2D eigenvalue weighted by atomic mass is 16.5. The molecule has 0 N–H and O–H groups in total. The highest BCUT2D eigenvalue weighted by Crippen LogP contribution is 2.49. The highest BCUT2D eigenvalue weighted by molar-refractivity contribution is 5.76. The first kappa shape index (κ1) is 46.6. The Morgan fingerprint density at radius 1 is 0.735 bits per heavy atom. The van der Waals surface area contributed by atoms with E-state index in [1.807, 2.05) is 74.7 Å². The molecule has 0 aliphatic rings. The minimum atomic E-state index is -0.621. The lowest BCUT2D eigenvalue weighted by Gasteiger charge is -2.48. The average molecular weight is 690 g/mol. The van der Waals surface area contributed by atoms with Crippen molar-refractivity contribution in [2.75, 3.05) is 33.9 Å². The number of carbonyl (C=O) groups is 3. The fourth-order valence-corrected chi connectivity index (χ4v) is 7.18. The van der Waals surface area contributed by atoms with Gasteiger partial charge in [-0.15, -0.1) is 6.58 Å². The number of carbonyl (C=O) groups excluding carboxylic acids is 3. The van der Waals surface area contributed by atoms with E-state index in [9.17, 15) is 14.4 Å². The first-order chi connectivity index (χ1) is 22.0. The molecule has 284 valence electrons. The van der Waals surface area contributed by atoms with Gasteiger partial charge in [0.05, 0.1) is 10.8 Å². The molecule has 0 saturated carbocycles. The molecule has 0 saturated heterocycles. The van der Waals surface area contributed by atoms with E-state index < -0.39 is 21.7 Å². The fraction of sp³-hybridized carbons (Fsp3) is 0.786. The molecule has 0 aromatic rings. The van der Waals surface area contributed by atoms with E-state index in [1.54, 1.807) is 0 Å². The third kappa shape index (κ3) is 17.4. The lowest BCUT2D eigenvalue weighted by molar-refractivity contribution is -0.170. The van der Waals surface area contributed by atoms with Crippen LogP contribution >= 0.6 is 0 Å². The summed E-state index contributed by atoms with van der Waals surface area (Å²) < 4.78 is 17.7. The molecule has 1 unspecified atom stereocenters. The van der Waals surface area contributed by atoms with Gasteiger partial charge in [0.25, 0.3) is 0 Å². The number of rotatable bonds is 22. The number of esters is 3. The van der Waals surface area contributed by atoms with E-state index >= 15 is 0 Å². The Labute approximate surface area is 301 Å². The van der Waals surface area contributed by atoms with Crippen LogP contribution in [0.3, 0.4) is 0 Å². The third-order valence-electron chi connectivity index (χ3n) is 9.50. The molecular formula is C42H75NO6. The molecule has 0 radical (unpaired) electrons. The number of allylic oxidation sites excluding steroid dienone is 3. The van der Waals surface area contributed by atoms with Gasteiger partial charge in [0, 0.05) is 17.3 Å². The maximum Gasteiger partial charge on any atom is 0.312 e. The average Bonchev–Trinajstić information content (AvgIpc) is 2.89. The number of hydrogen-bond acceptors (Lipinski definition) is 7. The van der Waals surface area contributed by atoms with Crippen LogP contribution in [0.5, 0.6) is 0 Å². The Bertz CT molecular complexity index is 1150. The number of hydrogen-bond donors (Lipinski definition) is 0. The van der Waals surface area contributed by atoms with E-state index in [2.05, 4.69) is 79.0 Å². The van der Waals surface area contributed by atoms with Crippen molar-refractivity contribution in [1.29, 1.82) is 0 Å². The molecule has 0 aromatic carbocycles. The Kier molecular flexibility index (Phi) is 17.8. The van der Waals surface area contributed by atoms with Crippen LogP contribution in [0.15, 0.2) is 36.5 Å². The second-order valence-electron chi connectivity index (χ2n) is 19.0. The fourth-order valence-electron chi connectivity index (χ4n) is 7.18. The van der Waals surface area contributed by atoms with Gasteiger partial charge in [-0.3, -0.25) is 14.4 Å². The molecule has 0 spiro atoms. The summed E-state index contributed by atoms with van der Waals surface area (Å²) in [6.45, 7) is 36.1. The zero-order valence-electron chi connectivity index (χ0n) is 34.7. The van der Waals surface area contributed by atoms with Gasteiger partial charge in [0.15, 0.2) is 0 Å². The topological polar surface area (TPSA) is 82.1 Å². The third-order valence-corrected chi connectivity index (χ3v) is 9.50. The molecule has 7 heteroatoms. The lowest BCUT2D eigenvalue weighted by Crippen LogP contribution is -2.48. The molecule has 0 rings (SSSR count). The maximum absolute atomic E-state index is 13.3. The largest absolute Gasteiger partial charge is 0.461 e. The zero-order valence-corrected chi connectivity index (χ0v) is 34.7. The summed E-state index contributed by atoms with van der Waals surface area (Å²) in [5.41, 5.74) is -1.53. The van der Waals surface area contributed by atoms with Crippen LogP contribution in [0, 0.1) is 38.4 Å². The summed E-state index contributed by atoms with van der Waals surface area (Å²) in [7, 11) is 4.00. The lowest BCUT2D eigenvalue weighted by atomic mass is 9.61. The van der Waals surface area contributed by atoms with Crippen molar-refractivity contribution in [1.82, 2.24) is 4.90 Å². The predicted octanol–water partition coefficient (Wildman–Crippen LogP) is 10.00. The van der Waals surface area contributed by atoms with Gasteiger partial charge in [-0.1, -0.05) is 99.1 Å². The molecule has 0 aliphatic carbocycles. The van der Waals surface area contributed by atoms with Gasteiger partial charge in [-0.05, 0) is 97.7 Å². The smallest absolute Gasteiger partial charge is 0.312 e. The molecule has 0 bridgehead atoms. The van der Waals surface area contributed by atoms with E-state index in [-0.39, 0.29) is 54.0 Å². The summed E-state index contributed by atoms with van der Waals surface area (Å²) in [6.07, 6.45) is 10.8. The van der Waals surface area contributed by atoms with E-state index in [1.165, 1.54) is 0 Å². The molecular weight excluding hydrogens is 614 g/mol. The molecule has 1 atom stereocenters. The molecule has 0 amide bonds. The van der Waals surface area contributed by atoms with Gasteiger partial charge in [-0.2, -0.15) is 0 Å². The van der Waals surface area contributed by atoms with Crippen molar-refractivity contribution in [3.05, 3.63) is 36.5 Å². The van der Waals surface area contributed by atoms with E-state index in [4.69, 9.17) is 14.2 Å². The van der Waals surface area contributed by atoms with Crippen molar-refractivity contribution >= 4 is 17.9 Å². The molecule has 7 nitrogen and oxygen atoms in total. The molecule has 49 heavy (non-hydrogen) atoms. The Morgan fingerprint density at radius 2 is 1.16 bits per heavy atom. The van der Waals surface area contributed by atoms with Crippen LogP contribution in [0.4, 0.5) is 0 Å². The normalized spacial score (nSPS) is 14.5. The summed E-state index contributed by atoms with van der Waals surface area (Å²) >= 11 is 0. The van der Waals surface area contributed by atoms with Gasteiger partial charge in [-0.25, -0.2) is 0 Å². The second kappa shape index (κ2) is 18.7. The van der Waals surface area contributed by atoms with Crippen molar-refractivity contribution in [3.63, 3.8) is 0 Å². The van der Waals surface area contributed by atoms with Crippen LogP contribution < -0.4 is 0 Å². The Balaban J connectivity index is 6.00. The van der Waals surface area contributed by atoms with Gasteiger partial charge in [0.2, 0.25) is 0 Å². The monoisotopic (exact) mass is 690 g/mol. The van der Waals surface area contributed by atoms with Crippen molar-refractivity contribution in [3.8, 4) is 0 Å². The molecule has 0 fully saturated rings. The molecule has 0 heterocycles. The SMILES string of the molecule is C=C(C)CC(C)(C)C(=O)OCC=CC(C)(C)CC(C)(C)C(OC(=O)CCCN(C)C)C(C)(C)CC(C)(C)C=CCOC(=O)C(C)(C)C(C)C. The predicted molar refractivity (Wildman–Crippen MR) is 204 cm³/mol. The molecule has 0 aliphatic heterocycles. The summed E-state index contributed by atoms with van der Waals surface area (Å²) in [4.78, 5) is 40.7. The van der Waals surface area contributed by atoms with Crippen LogP contribution in [-0.4, -0.2) is 62.8 Å². The summed E-state index contributed by atoms with van der Waals surface area (Å²) in [6, 6.07) is 0. The second-order valence-corrected chi connectivity index (χ2v) is 19.0. The van der Waals surface area contributed by atoms with Gasteiger partial charge < -0.3 is 19.1 Å². The highest BCUT2D eigenvalue weighted by Gasteiger charge is 2.47. The van der Waals surface area contributed by atoms with Gasteiger partial charge in [0.1, 0.15) is 19.3 Å².